The van der Waals surface area contributed by atoms with Crippen LogP contribution >= 0.6 is 34.2 Å². The fourth-order valence-electron chi connectivity index (χ4n) is 17.0. The van der Waals surface area contributed by atoms with Gasteiger partial charge in [0.1, 0.15) is 18.1 Å². The van der Waals surface area contributed by atoms with E-state index in [9.17, 15) is 28.8 Å². The predicted octanol–water partition coefficient (Wildman–Crippen LogP) is 34.4. The minimum atomic E-state index is -0.616. The van der Waals surface area contributed by atoms with Crippen molar-refractivity contribution in [1.29, 1.82) is 0 Å². The Morgan fingerprint density at radius 1 is 0.219 bits per heavy atom. The van der Waals surface area contributed by atoms with E-state index in [-0.39, 0.29) is 35.4 Å². The number of rotatable bonds is 104. The van der Waals surface area contributed by atoms with Crippen molar-refractivity contribution >= 4 is 69.7 Å². The number of allylic oxidation sites excluding steroid dienone is 6. The maximum Gasteiger partial charge on any atom is 0.243 e. The number of hydrogen-bond donors (Lipinski definition) is 7. The van der Waals surface area contributed by atoms with Gasteiger partial charge in [0.05, 0.1) is 0 Å². The molecule has 15 heteroatoms. The summed E-state index contributed by atoms with van der Waals surface area (Å²) in [6.07, 6.45) is 119. The van der Waals surface area contributed by atoms with Gasteiger partial charge in [-0.25, -0.2) is 0 Å². The van der Waals surface area contributed by atoms with Gasteiger partial charge in [-0.3, -0.25) is 28.8 Å². The van der Waals surface area contributed by atoms with E-state index in [0.29, 0.717) is 69.0 Å². The van der Waals surface area contributed by atoms with Gasteiger partial charge in [-0.2, -0.15) is 12.6 Å². The molecule has 0 aromatic carbocycles. The maximum atomic E-state index is 13.7. The molecule has 0 aromatic heterocycles. The summed E-state index contributed by atoms with van der Waals surface area (Å²) in [5, 5.41) is 18.6. The highest BCUT2D eigenvalue weighted by molar-refractivity contribution is 8.76. The molecule has 0 spiro atoms. The summed E-state index contributed by atoms with van der Waals surface area (Å²) in [6.45, 7) is 15.6. The molecular formula is C113H218N6O6S3. The number of thiol groups is 1. The Balaban J connectivity index is 0. The highest BCUT2D eigenvalue weighted by Crippen LogP contribution is 2.26. The van der Waals surface area contributed by atoms with Crippen LogP contribution in [0.1, 0.15) is 594 Å². The number of carbonyl (C=O) groups is 6. The molecule has 6 amide bonds. The van der Waals surface area contributed by atoms with Gasteiger partial charge >= 0.3 is 0 Å². The Kier molecular flexibility index (Phi) is 110. The maximum absolute atomic E-state index is 13.7. The molecule has 3 atom stereocenters. The lowest BCUT2D eigenvalue weighted by Crippen LogP contribution is -2.48. The van der Waals surface area contributed by atoms with Crippen LogP contribution in [0.3, 0.4) is 0 Å². The van der Waals surface area contributed by atoms with Crippen LogP contribution in [0, 0.1) is 0 Å². The first-order valence-electron chi connectivity index (χ1n) is 56.6. The Hall–Kier alpha value is -2.91. The molecule has 0 saturated carbocycles. The second-order valence-electron chi connectivity index (χ2n) is 38.4. The zero-order valence-corrected chi connectivity index (χ0v) is 88.5. The third-order valence-corrected chi connectivity index (χ3v) is 28.4. The largest absolute Gasteiger partial charge is 0.354 e. The molecule has 128 heavy (non-hydrogen) atoms. The van der Waals surface area contributed by atoms with Crippen molar-refractivity contribution < 1.29 is 28.8 Å². The first-order valence-corrected chi connectivity index (χ1v) is 59.7. The van der Waals surface area contributed by atoms with Crippen LogP contribution in [0.25, 0.3) is 0 Å². The second-order valence-corrected chi connectivity index (χ2v) is 41.5. The van der Waals surface area contributed by atoms with Crippen molar-refractivity contribution in [3.8, 4) is 0 Å². The number of carbonyl (C=O) groups excluding carboxylic acids is 6. The van der Waals surface area contributed by atoms with Gasteiger partial charge in [0.25, 0.3) is 0 Å². The van der Waals surface area contributed by atoms with Gasteiger partial charge in [-0.15, -0.1) is 0 Å². The van der Waals surface area contributed by atoms with Gasteiger partial charge in [-0.1, -0.05) is 504 Å². The van der Waals surface area contributed by atoms with E-state index in [1.807, 2.05) is 0 Å². The lowest BCUT2D eigenvalue weighted by atomic mass is 10.0. The molecule has 6 N–H and O–H groups in total. The fraction of sp³-hybridized carbons (Fsp3) is 0.894. The molecule has 0 radical (unpaired) electrons. The van der Waals surface area contributed by atoms with Gasteiger partial charge in [0, 0.05) is 50.4 Å². The fourth-order valence-corrected chi connectivity index (χ4v) is 19.5. The molecule has 3 unspecified atom stereocenters. The van der Waals surface area contributed by atoms with Crippen LogP contribution < -0.4 is 31.9 Å². The van der Waals surface area contributed by atoms with E-state index in [0.717, 1.165) is 103 Å². The average Bonchev–Trinajstić information content (AvgIpc) is 0.932. The summed E-state index contributed by atoms with van der Waals surface area (Å²) in [7, 11) is 3.20. The smallest absolute Gasteiger partial charge is 0.243 e. The van der Waals surface area contributed by atoms with Gasteiger partial charge in [0.2, 0.25) is 35.4 Å². The molecule has 0 rings (SSSR count). The Morgan fingerprint density at radius 3 is 0.617 bits per heavy atom. The Morgan fingerprint density at radius 2 is 0.398 bits per heavy atom. The van der Waals surface area contributed by atoms with Crippen molar-refractivity contribution in [1.82, 2.24) is 31.9 Å². The average molecular weight is 1850 g/mol. The summed E-state index contributed by atoms with van der Waals surface area (Å²) < 4.78 is 0. The first kappa shape index (κ1) is 127. The van der Waals surface area contributed by atoms with Crippen molar-refractivity contribution in [3.05, 3.63) is 36.5 Å². The van der Waals surface area contributed by atoms with Crippen LogP contribution in [-0.4, -0.2) is 90.5 Å². The molecule has 0 heterocycles. The molecule has 0 aromatic rings. The van der Waals surface area contributed by atoms with Crippen LogP contribution in [-0.2, 0) is 28.8 Å². The predicted molar refractivity (Wildman–Crippen MR) is 572 cm³/mol. The van der Waals surface area contributed by atoms with Crippen molar-refractivity contribution in [2.75, 3.05) is 36.9 Å². The van der Waals surface area contributed by atoms with E-state index in [1.54, 1.807) is 21.6 Å². The molecule has 754 valence electrons. The third-order valence-electron chi connectivity index (χ3n) is 25.7. The van der Waals surface area contributed by atoms with Gasteiger partial charge in [0.15, 0.2) is 0 Å². The molecule has 0 fully saturated rings. The minimum Gasteiger partial charge on any atom is -0.354 e. The standard InChI is InChI=1S/C75H144N4O4S2.C38H74N2O2S/c1-5-9-13-17-21-25-29-33-37-39-43-47-51-55-59-63-72(80)78-70(74(82)76-66-61-57-53-49-45-41-35-31-27-23-19-15-11-7-3)65-68-84-85-69-71(75(83)77-67-62-58-54-50-46-42-36-32-28-24-20-16-12-8-4)79-73(81)64-60-56-52-48-44-40-38-34-30-26-22-18-14-10-6-2;1-3-5-7-9-11-13-15-17-19-20-22-24-26-28-30-32-37(41)40-36(33-35-43)38(42)39-34-31-29-27-25-23-21-18-16-14-12-10-8-6-4-2/h33-34,37-38,70-71H,5-32,35-36,39-69H2,1-4H3,(H,76,82)(H,77,83)(H,78,80)(H,79,81);17,19,36,43H,3-16,18,20-35H2,1-2H3,(H,39,42)(H,40,41)/b37-33+,38-34+;19-17+. The normalized spacial score (nSPS) is 12.3. The minimum absolute atomic E-state index is 0.00365. The second kappa shape index (κ2) is 111. The van der Waals surface area contributed by atoms with Gasteiger partial charge < -0.3 is 31.9 Å². The molecule has 0 aliphatic rings. The van der Waals surface area contributed by atoms with Gasteiger partial charge in [-0.05, 0) is 134 Å². The highest BCUT2D eigenvalue weighted by atomic mass is 33.1. The van der Waals surface area contributed by atoms with E-state index in [1.165, 1.54) is 417 Å². The number of amides is 6. The van der Waals surface area contributed by atoms with Crippen LogP contribution in [0.5, 0.6) is 0 Å². The van der Waals surface area contributed by atoms with E-state index < -0.39 is 18.1 Å². The summed E-state index contributed by atoms with van der Waals surface area (Å²) in [5.74, 6) is 1.33. The zero-order chi connectivity index (χ0) is 93.1. The van der Waals surface area contributed by atoms with Crippen LogP contribution in [0.2, 0.25) is 0 Å². The van der Waals surface area contributed by atoms with Crippen LogP contribution in [0.4, 0.5) is 0 Å². The molecule has 0 aliphatic heterocycles. The zero-order valence-electron chi connectivity index (χ0n) is 86.0. The third kappa shape index (κ3) is 102. The summed E-state index contributed by atoms with van der Waals surface area (Å²) in [6, 6.07) is -1.67. The number of nitrogens with one attached hydrogen (secondary N) is 6. The molecular weight excluding hydrogens is 1630 g/mol. The Bertz CT molecular complexity index is 2290. The summed E-state index contributed by atoms with van der Waals surface area (Å²) >= 11 is 4.31. The lowest BCUT2D eigenvalue weighted by Gasteiger charge is -2.20. The first-order chi connectivity index (χ1) is 63.0. The van der Waals surface area contributed by atoms with E-state index in [4.69, 9.17) is 0 Å². The number of unbranched alkanes of at least 4 members (excludes halogenated alkanes) is 72. The van der Waals surface area contributed by atoms with E-state index >= 15 is 0 Å². The molecule has 0 aliphatic carbocycles. The molecule has 12 nitrogen and oxygen atoms in total. The van der Waals surface area contributed by atoms with Crippen molar-refractivity contribution in [2.45, 2.75) is 612 Å². The van der Waals surface area contributed by atoms with Crippen LogP contribution in [0.15, 0.2) is 36.5 Å². The quantitative estimate of drug-likeness (QED) is 0.0136. The monoisotopic (exact) mass is 1850 g/mol. The molecule has 0 saturated heterocycles. The van der Waals surface area contributed by atoms with Crippen molar-refractivity contribution in [3.63, 3.8) is 0 Å². The van der Waals surface area contributed by atoms with Crippen molar-refractivity contribution in [2.24, 2.45) is 0 Å². The SMILES string of the molecule is CCCCCCCC/C=C/CCCCCCCC(=O)NC(CCS)C(=O)NCCCCCCCCCCCCCCCC.CCCCCCCC/C=C/CCCCCCCC(=O)NC(CCSSCC(NC(=O)CCCCCCC/C=C/CCCCCCCC)C(=O)NCCCCCCCCCCCCCCCC)C(=O)NCCCCCCCCCCCCCCCC. The molecule has 0 bridgehead atoms. The highest BCUT2D eigenvalue weighted by Gasteiger charge is 2.24. The van der Waals surface area contributed by atoms with E-state index in [2.05, 4.69) is 123 Å². The topological polar surface area (TPSA) is 175 Å². The summed E-state index contributed by atoms with van der Waals surface area (Å²) in [4.78, 5) is 79.1. The lowest BCUT2D eigenvalue weighted by molar-refractivity contribution is -0.129. The number of hydrogen-bond acceptors (Lipinski definition) is 9. The summed E-state index contributed by atoms with van der Waals surface area (Å²) in [5.41, 5.74) is 0. The Labute approximate surface area is 810 Å².